The Morgan fingerprint density at radius 2 is 2.14 bits per heavy atom. The molecule has 0 N–H and O–H groups in total. The molecule has 0 bridgehead atoms. The maximum atomic E-state index is 5.72. The first kappa shape index (κ1) is 13.1. The van der Waals surface area contributed by atoms with Crippen LogP contribution in [0.25, 0.3) is 0 Å². The van der Waals surface area contributed by atoms with Gasteiger partial charge in [-0.15, -0.1) is 4.18 Å². The van der Waals surface area contributed by atoms with Gasteiger partial charge in [-0.2, -0.15) is 23.5 Å². The van der Waals surface area contributed by atoms with Gasteiger partial charge in [0.2, 0.25) is 0 Å². The molecule has 0 radical (unpaired) electrons. The standard InChI is InChI=1S/C10H21OS3/c1-4-6-13-9(3)10-11-14(10)8-7-12-5-2/h9-10H,4-8H2,1-3H3/q+1. The third-order valence-corrected chi connectivity index (χ3v) is 6.68. The molecule has 0 aliphatic carbocycles. The molecule has 0 aromatic carbocycles. The molecular formula is C10H21OS3+. The Balaban J connectivity index is 2.00. The zero-order valence-electron chi connectivity index (χ0n) is 9.32. The van der Waals surface area contributed by atoms with E-state index in [9.17, 15) is 0 Å². The summed E-state index contributed by atoms with van der Waals surface area (Å²) in [5.41, 5.74) is 0.587. The van der Waals surface area contributed by atoms with Gasteiger partial charge in [-0.1, -0.05) is 13.8 Å². The van der Waals surface area contributed by atoms with Crippen molar-refractivity contribution in [3.63, 3.8) is 0 Å². The second kappa shape index (κ2) is 7.31. The van der Waals surface area contributed by atoms with Crippen LogP contribution >= 0.6 is 23.5 Å². The van der Waals surface area contributed by atoms with E-state index in [1.165, 1.54) is 29.4 Å². The van der Waals surface area contributed by atoms with Gasteiger partial charge in [0.25, 0.3) is 0 Å². The molecule has 0 amide bonds. The predicted molar refractivity (Wildman–Crippen MR) is 72.3 cm³/mol. The Hall–Kier alpha value is 1.01. The first-order valence-electron chi connectivity index (χ1n) is 5.35. The van der Waals surface area contributed by atoms with Crippen LogP contribution in [0.3, 0.4) is 0 Å². The lowest BCUT2D eigenvalue weighted by atomic mass is 10.5. The van der Waals surface area contributed by atoms with E-state index in [-0.39, 0.29) is 0 Å². The van der Waals surface area contributed by atoms with Gasteiger partial charge in [-0.05, 0) is 24.9 Å². The van der Waals surface area contributed by atoms with E-state index in [0.29, 0.717) is 21.9 Å². The first-order chi connectivity index (χ1) is 6.79. The van der Waals surface area contributed by atoms with Crippen molar-refractivity contribution in [3.05, 3.63) is 0 Å². The summed E-state index contributed by atoms with van der Waals surface area (Å²) in [4.78, 5) is 0. The fourth-order valence-corrected chi connectivity index (χ4v) is 5.43. The third kappa shape index (κ3) is 4.69. The Labute approximate surface area is 99.7 Å². The Morgan fingerprint density at radius 1 is 1.36 bits per heavy atom. The second-order valence-electron chi connectivity index (χ2n) is 3.32. The zero-order chi connectivity index (χ0) is 10.4. The van der Waals surface area contributed by atoms with Crippen LogP contribution in [-0.4, -0.2) is 33.7 Å². The van der Waals surface area contributed by atoms with Gasteiger partial charge < -0.3 is 0 Å². The van der Waals surface area contributed by atoms with E-state index in [2.05, 4.69) is 32.5 Å². The van der Waals surface area contributed by atoms with Crippen LogP contribution in [-0.2, 0) is 15.4 Å². The summed E-state index contributed by atoms with van der Waals surface area (Å²) in [6, 6.07) is 0. The van der Waals surface area contributed by atoms with Gasteiger partial charge >= 0.3 is 5.44 Å². The number of hydrogen-bond donors (Lipinski definition) is 0. The third-order valence-electron chi connectivity index (χ3n) is 2.04. The quantitative estimate of drug-likeness (QED) is 0.374. The molecule has 1 aliphatic heterocycles. The highest BCUT2D eigenvalue weighted by Gasteiger charge is 2.57. The smallest absolute Gasteiger partial charge is 0.157 e. The van der Waals surface area contributed by atoms with E-state index in [1.54, 1.807) is 0 Å². The molecule has 0 aromatic rings. The molecular weight excluding hydrogens is 232 g/mol. The molecule has 1 aliphatic rings. The number of rotatable bonds is 8. The molecule has 1 rings (SSSR count). The van der Waals surface area contributed by atoms with Gasteiger partial charge in [0, 0.05) is 5.75 Å². The van der Waals surface area contributed by atoms with Gasteiger partial charge in [-0.3, -0.25) is 0 Å². The molecule has 1 nitrogen and oxygen atoms in total. The van der Waals surface area contributed by atoms with Gasteiger partial charge in [0.15, 0.2) is 16.9 Å². The van der Waals surface area contributed by atoms with Crippen LogP contribution in [0.1, 0.15) is 27.2 Å². The lowest BCUT2D eigenvalue weighted by molar-refractivity contribution is 0.456. The molecule has 84 valence electrons. The lowest BCUT2D eigenvalue weighted by Gasteiger charge is -2.00. The fraction of sp³-hybridized carbons (Fsp3) is 1.00. The van der Waals surface area contributed by atoms with Crippen LogP contribution in [0.2, 0.25) is 0 Å². The van der Waals surface area contributed by atoms with E-state index in [1.807, 2.05) is 11.8 Å². The molecule has 1 saturated heterocycles. The van der Waals surface area contributed by atoms with E-state index >= 15 is 0 Å². The minimum absolute atomic E-state index is 0.320. The molecule has 14 heavy (non-hydrogen) atoms. The summed E-state index contributed by atoms with van der Waals surface area (Å²) in [6.45, 7) is 6.77. The highest BCUT2D eigenvalue weighted by molar-refractivity contribution is 8.04. The average Bonchev–Trinajstić information content (AvgIpc) is 2.94. The van der Waals surface area contributed by atoms with Crippen molar-refractivity contribution in [2.45, 2.75) is 37.9 Å². The monoisotopic (exact) mass is 253 g/mol. The van der Waals surface area contributed by atoms with E-state index in [0.717, 1.165) is 0 Å². The molecule has 3 unspecified atom stereocenters. The van der Waals surface area contributed by atoms with Gasteiger partial charge in [0.05, 0.1) is 5.25 Å². The SMILES string of the molecule is CCCSC(C)C1O[S+]1CCSCC. The van der Waals surface area contributed by atoms with Crippen LogP contribution < -0.4 is 0 Å². The highest BCUT2D eigenvalue weighted by atomic mass is 32.2. The minimum atomic E-state index is 0.320. The molecule has 0 saturated carbocycles. The van der Waals surface area contributed by atoms with Crippen LogP contribution in [0.15, 0.2) is 0 Å². The minimum Gasteiger partial charge on any atom is -0.157 e. The van der Waals surface area contributed by atoms with E-state index in [4.69, 9.17) is 4.18 Å². The van der Waals surface area contributed by atoms with Crippen LogP contribution in [0, 0.1) is 0 Å². The molecule has 0 aromatic heterocycles. The summed E-state index contributed by atoms with van der Waals surface area (Å²) in [5.74, 6) is 5.07. The summed E-state index contributed by atoms with van der Waals surface area (Å²) in [6.07, 6.45) is 1.28. The number of hydrogen-bond acceptors (Lipinski definition) is 3. The average molecular weight is 253 g/mol. The Bertz CT molecular complexity index is 154. The van der Waals surface area contributed by atoms with Crippen molar-refractivity contribution in [1.29, 1.82) is 0 Å². The van der Waals surface area contributed by atoms with Crippen molar-refractivity contribution in [3.8, 4) is 0 Å². The summed E-state index contributed by atoms with van der Waals surface area (Å²) in [7, 11) is 0. The zero-order valence-corrected chi connectivity index (χ0v) is 11.8. The Kier molecular flexibility index (Phi) is 6.83. The van der Waals surface area contributed by atoms with Crippen molar-refractivity contribution in [2.24, 2.45) is 0 Å². The fourth-order valence-electron chi connectivity index (χ4n) is 1.22. The highest BCUT2D eigenvalue weighted by Crippen LogP contribution is 2.37. The normalized spacial score (nSPS) is 27.6. The molecule has 0 spiro atoms. The van der Waals surface area contributed by atoms with Crippen molar-refractivity contribution in [1.82, 2.24) is 0 Å². The van der Waals surface area contributed by atoms with E-state index < -0.39 is 0 Å². The molecule has 4 heteroatoms. The molecule has 1 fully saturated rings. The summed E-state index contributed by atoms with van der Waals surface area (Å²) < 4.78 is 5.72. The van der Waals surface area contributed by atoms with Gasteiger partial charge in [0.1, 0.15) is 0 Å². The van der Waals surface area contributed by atoms with Crippen LogP contribution in [0.4, 0.5) is 0 Å². The van der Waals surface area contributed by atoms with Gasteiger partial charge in [-0.25, -0.2) is 0 Å². The summed E-state index contributed by atoms with van der Waals surface area (Å²) >= 11 is 4.41. The Morgan fingerprint density at radius 3 is 2.79 bits per heavy atom. The van der Waals surface area contributed by atoms with Crippen LogP contribution in [0.5, 0.6) is 0 Å². The second-order valence-corrected chi connectivity index (χ2v) is 8.03. The predicted octanol–water partition coefficient (Wildman–Crippen LogP) is 3.16. The maximum absolute atomic E-state index is 5.72. The van der Waals surface area contributed by atoms with Crippen molar-refractivity contribution in [2.75, 3.05) is 23.0 Å². The van der Waals surface area contributed by atoms with Crippen molar-refractivity contribution < 1.29 is 4.18 Å². The largest absolute Gasteiger partial charge is 0.310 e. The molecule has 3 atom stereocenters. The topological polar surface area (TPSA) is 12.5 Å². The summed E-state index contributed by atoms with van der Waals surface area (Å²) in [5, 5.41) is 0.713. The lowest BCUT2D eigenvalue weighted by Crippen LogP contribution is -2.10. The van der Waals surface area contributed by atoms with Crippen molar-refractivity contribution >= 4 is 34.7 Å². The molecule has 1 heterocycles. The maximum Gasteiger partial charge on any atom is 0.310 e. The number of thioether (sulfide) groups is 2. The first-order valence-corrected chi connectivity index (χ1v) is 8.94.